The summed E-state index contributed by atoms with van der Waals surface area (Å²) in [6.07, 6.45) is 17.4. The molecule has 96 valence electrons. The highest BCUT2D eigenvalue weighted by Crippen LogP contribution is 2.33. The molecule has 1 aliphatic rings. The lowest BCUT2D eigenvalue weighted by Crippen LogP contribution is -2.22. The predicted octanol–water partition coefficient (Wildman–Crippen LogP) is 4.27. The first-order chi connectivity index (χ1) is 8.40. The van der Waals surface area contributed by atoms with Crippen molar-refractivity contribution in [3.8, 4) is 0 Å². The molecule has 0 spiro atoms. The molecule has 0 bridgehead atoms. The molecule has 1 aromatic rings. The van der Waals surface area contributed by atoms with Crippen LogP contribution in [0.4, 0.5) is 0 Å². The van der Waals surface area contributed by atoms with Gasteiger partial charge in [0.05, 0.1) is 6.33 Å². The van der Waals surface area contributed by atoms with Crippen LogP contribution in [0.25, 0.3) is 0 Å². The average Bonchev–Trinajstić information content (AvgIpc) is 2.88. The van der Waals surface area contributed by atoms with Crippen molar-refractivity contribution in [1.82, 2.24) is 9.55 Å². The standard InChI is InChI=1S/C15H26N2/c1-2-3-7-15(12-17-11-10-16-13-17)14-8-5-4-6-9-14/h10-11,13-15H,2-9,12H2,1H3. The first-order valence-electron chi connectivity index (χ1n) is 7.36. The topological polar surface area (TPSA) is 17.8 Å². The largest absolute Gasteiger partial charge is 0.337 e. The summed E-state index contributed by atoms with van der Waals surface area (Å²) >= 11 is 0. The van der Waals surface area contributed by atoms with E-state index in [2.05, 4.69) is 22.7 Å². The first kappa shape index (κ1) is 12.7. The molecule has 1 aliphatic carbocycles. The number of unbranched alkanes of at least 4 members (excludes halogenated alkanes) is 1. The highest BCUT2D eigenvalue weighted by atomic mass is 15.0. The van der Waals surface area contributed by atoms with Crippen molar-refractivity contribution in [3.63, 3.8) is 0 Å². The van der Waals surface area contributed by atoms with E-state index in [-0.39, 0.29) is 0 Å². The van der Waals surface area contributed by atoms with Gasteiger partial charge in [-0.3, -0.25) is 0 Å². The molecule has 1 aromatic heterocycles. The Bertz CT molecular complexity index is 286. The maximum absolute atomic E-state index is 4.16. The molecule has 0 radical (unpaired) electrons. The van der Waals surface area contributed by atoms with E-state index in [1.807, 2.05) is 12.5 Å². The van der Waals surface area contributed by atoms with Gasteiger partial charge in [-0.05, 0) is 18.3 Å². The molecule has 0 amide bonds. The molecule has 2 rings (SSSR count). The van der Waals surface area contributed by atoms with Crippen LogP contribution in [-0.4, -0.2) is 9.55 Å². The maximum Gasteiger partial charge on any atom is 0.0945 e. The van der Waals surface area contributed by atoms with Gasteiger partial charge in [-0.1, -0.05) is 51.9 Å². The Morgan fingerprint density at radius 1 is 1.29 bits per heavy atom. The van der Waals surface area contributed by atoms with Gasteiger partial charge in [0.15, 0.2) is 0 Å². The second-order valence-corrected chi connectivity index (χ2v) is 5.56. The van der Waals surface area contributed by atoms with Crippen molar-refractivity contribution < 1.29 is 0 Å². The summed E-state index contributed by atoms with van der Waals surface area (Å²) in [5.41, 5.74) is 0. The second kappa shape index (κ2) is 6.83. The van der Waals surface area contributed by atoms with E-state index < -0.39 is 0 Å². The lowest BCUT2D eigenvalue weighted by atomic mass is 9.78. The molecular formula is C15H26N2. The Kier molecular flexibility index (Phi) is 5.08. The minimum atomic E-state index is 0.879. The van der Waals surface area contributed by atoms with Gasteiger partial charge in [-0.25, -0.2) is 4.98 Å². The minimum absolute atomic E-state index is 0.879. The Morgan fingerprint density at radius 2 is 2.12 bits per heavy atom. The van der Waals surface area contributed by atoms with Crippen molar-refractivity contribution >= 4 is 0 Å². The van der Waals surface area contributed by atoms with Crippen LogP contribution in [0, 0.1) is 11.8 Å². The van der Waals surface area contributed by atoms with Gasteiger partial charge in [-0.15, -0.1) is 0 Å². The molecule has 17 heavy (non-hydrogen) atoms. The molecule has 2 heteroatoms. The van der Waals surface area contributed by atoms with Crippen LogP contribution in [0.5, 0.6) is 0 Å². The molecule has 0 saturated heterocycles. The monoisotopic (exact) mass is 234 g/mol. The van der Waals surface area contributed by atoms with Crippen molar-refractivity contribution in [2.75, 3.05) is 0 Å². The van der Waals surface area contributed by atoms with Gasteiger partial charge in [0.2, 0.25) is 0 Å². The Hall–Kier alpha value is -0.790. The van der Waals surface area contributed by atoms with Gasteiger partial charge in [0.1, 0.15) is 0 Å². The van der Waals surface area contributed by atoms with Crippen LogP contribution < -0.4 is 0 Å². The Balaban J connectivity index is 1.91. The lowest BCUT2D eigenvalue weighted by molar-refractivity contribution is 0.209. The molecule has 1 unspecified atom stereocenters. The third-order valence-corrected chi connectivity index (χ3v) is 4.25. The van der Waals surface area contributed by atoms with Crippen molar-refractivity contribution in [3.05, 3.63) is 18.7 Å². The highest BCUT2D eigenvalue weighted by molar-refractivity contribution is 4.79. The van der Waals surface area contributed by atoms with Crippen molar-refractivity contribution in [2.45, 2.75) is 64.8 Å². The third-order valence-electron chi connectivity index (χ3n) is 4.25. The van der Waals surface area contributed by atoms with E-state index in [1.54, 1.807) is 0 Å². The van der Waals surface area contributed by atoms with Gasteiger partial charge >= 0.3 is 0 Å². The fraction of sp³-hybridized carbons (Fsp3) is 0.800. The van der Waals surface area contributed by atoms with Crippen LogP contribution in [-0.2, 0) is 6.54 Å². The summed E-state index contributed by atoms with van der Waals surface area (Å²) in [6, 6.07) is 0. The Morgan fingerprint density at radius 3 is 2.76 bits per heavy atom. The van der Waals surface area contributed by atoms with E-state index in [0.717, 1.165) is 11.8 Å². The van der Waals surface area contributed by atoms with Gasteiger partial charge < -0.3 is 4.57 Å². The molecule has 0 N–H and O–H groups in total. The number of rotatable bonds is 6. The number of hydrogen-bond acceptors (Lipinski definition) is 1. The van der Waals surface area contributed by atoms with E-state index in [1.165, 1.54) is 57.9 Å². The van der Waals surface area contributed by atoms with E-state index in [9.17, 15) is 0 Å². The number of aromatic nitrogens is 2. The summed E-state index contributed by atoms with van der Waals surface area (Å²) in [6.45, 7) is 3.49. The SMILES string of the molecule is CCCCC(Cn1ccnc1)C1CCCCC1. The fourth-order valence-electron chi connectivity index (χ4n) is 3.21. The molecular weight excluding hydrogens is 208 g/mol. The third kappa shape index (κ3) is 3.86. The average molecular weight is 234 g/mol. The molecule has 1 atom stereocenters. The number of imidazole rings is 1. The van der Waals surface area contributed by atoms with Crippen LogP contribution in [0.3, 0.4) is 0 Å². The smallest absolute Gasteiger partial charge is 0.0945 e. The summed E-state index contributed by atoms with van der Waals surface area (Å²) in [7, 11) is 0. The number of nitrogens with zero attached hydrogens (tertiary/aromatic N) is 2. The lowest BCUT2D eigenvalue weighted by Gasteiger charge is -2.30. The van der Waals surface area contributed by atoms with Crippen molar-refractivity contribution in [1.29, 1.82) is 0 Å². The quantitative estimate of drug-likeness (QED) is 0.718. The molecule has 0 aromatic carbocycles. The molecule has 1 fully saturated rings. The molecule has 1 saturated carbocycles. The van der Waals surface area contributed by atoms with Crippen molar-refractivity contribution in [2.24, 2.45) is 11.8 Å². The number of hydrogen-bond donors (Lipinski definition) is 0. The van der Waals surface area contributed by atoms with Crippen LogP contribution >= 0.6 is 0 Å². The second-order valence-electron chi connectivity index (χ2n) is 5.56. The van der Waals surface area contributed by atoms with Crippen LogP contribution in [0.15, 0.2) is 18.7 Å². The minimum Gasteiger partial charge on any atom is -0.337 e. The molecule has 2 nitrogen and oxygen atoms in total. The summed E-state index contributed by atoms with van der Waals surface area (Å²) in [5, 5.41) is 0. The molecule has 1 heterocycles. The highest BCUT2D eigenvalue weighted by Gasteiger charge is 2.23. The fourth-order valence-corrected chi connectivity index (χ4v) is 3.21. The van der Waals surface area contributed by atoms with Gasteiger partial charge in [0.25, 0.3) is 0 Å². The summed E-state index contributed by atoms with van der Waals surface area (Å²) in [4.78, 5) is 4.16. The van der Waals surface area contributed by atoms with E-state index >= 15 is 0 Å². The molecule has 0 aliphatic heterocycles. The summed E-state index contributed by atoms with van der Waals surface area (Å²) < 4.78 is 2.27. The first-order valence-corrected chi connectivity index (χ1v) is 7.36. The zero-order valence-electron chi connectivity index (χ0n) is 11.1. The van der Waals surface area contributed by atoms with Gasteiger partial charge in [0, 0.05) is 18.9 Å². The summed E-state index contributed by atoms with van der Waals surface area (Å²) in [5.74, 6) is 1.85. The van der Waals surface area contributed by atoms with E-state index in [4.69, 9.17) is 0 Å². The normalized spacial score (nSPS) is 19.4. The van der Waals surface area contributed by atoms with Crippen LogP contribution in [0.1, 0.15) is 58.3 Å². The zero-order valence-corrected chi connectivity index (χ0v) is 11.1. The predicted molar refractivity (Wildman–Crippen MR) is 71.8 cm³/mol. The van der Waals surface area contributed by atoms with E-state index in [0.29, 0.717) is 0 Å². The van der Waals surface area contributed by atoms with Gasteiger partial charge in [-0.2, -0.15) is 0 Å². The Labute approximate surface area is 105 Å². The maximum atomic E-state index is 4.16. The zero-order chi connectivity index (χ0) is 11.9. The van der Waals surface area contributed by atoms with Crippen LogP contribution in [0.2, 0.25) is 0 Å².